The van der Waals surface area contributed by atoms with Crippen LogP contribution in [0.5, 0.6) is 11.5 Å². The molecule has 0 aliphatic carbocycles. The van der Waals surface area contributed by atoms with Crippen LogP contribution in [0.15, 0.2) is 71.6 Å². The number of aryl methyl sites for hydroxylation is 1. The van der Waals surface area contributed by atoms with Gasteiger partial charge in [0.15, 0.2) is 11.5 Å². The molecule has 0 radical (unpaired) electrons. The minimum Gasteiger partial charge on any atom is -0.482 e. The van der Waals surface area contributed by atoms with E-state index in [1.807, 2.05) is 12.1 Å². The highest BCUT2D eigenvalue weighted by Crippen LogP contribution is 2.36. The molecule has 0 spiro atoms. The van der Waals surface area contributed by atoms with Gasteiger partial charge in [-0.25, -0.2) is 12.8 Å². The minimum atomic E-state index is -3.89. The van der Waals surface area contributed by atoms with Crippen LogP contribution in [0, 0.1) is 5.82 Å². The third-order valence-electron chi connectivity index (χ3n) is 5.93. The second-order valence-corrected chi connectivity index (χ2v) is 10.1. The Balaban J connectivity index is 1.40. The fourth-order valence-electron chi connectivity index (χ4n) is 4.22. The highest BCUT2D eigenvalue weighted by atomic mass is 32.2. The smallest absolute Gasteiger partial charge is 0.269 e. The van der Waals surface area contributed by atoms with Crippen LogP contribution in [-0.4, -0.2) is 33.1 Å². The van der Waals surface area contributed by atoms with Crippen molar-refractivity contribution in [2.45, 2.75) is 36.9 Å². The molecule has 3 aromatic rings. The van der Waals surface area contributed by atoms with Crippen molar-refractivity contribution in [2.24, 2.45) is 0 Å². The van der Waals surface area contributed by atoms with E-state index in [2.05, 4.69) is 5.32 Å². The monoisotopic (exact) mass is 482 g/mol. The first-order chi connectivity index (χ1) is 16.3. The fraction of sp³-hybridized carbons (Fsp3) is 0.240. The number of ether oxygens (including phenoxy) is 2. The van der Waals surface area contributed by atoms with E-state index >= 15 is 0 Å². The van der Waals surface area contributed by atoms with Crippen LogP contribution in [0.4, 0.5) is 15.8 Å². The Labute approximate surface area is 197 Å². The number of carbonyl (C=O) groups is 1. The molecule has 2 unspecified atom stereocenters. The van der Waals surface area contributed by atoms with Crippen LogP contribution < -0.4 is 19.1 Å². The van der Waals surface area contributed by atoms with Crippen molar-refractivity contribution < 1.29 is 27.1 Å². The van der Waals surface area contributed by atoms with E-state index in [4.69, 9.17) is 9.47 Å². The maximum absolute atomic E-state index is 13.3. The van der Waals surface area contributed by atoms with Gasteiger partial charge in [0.05, 0.1) is 10.6 Å². The summed E-state index contributed by atoms with van der Waals surface area (Å²) >= 11 is 0. The SMILES string of the molecule is CC1Oc2ccccc2OC1C(=O)Nc1ccc2c(c1)N(S(=O)(=O)c1ccc(F)cc1)CCC2. The van der Waals surface area contributed by atoms with Crippen LogP contribution in [0.1, 0.15) is 18.9 Å². The minimum absolute atomic E-state index is 0.0106. The number of benzene rings is 3. The summed E-state index contributed by atoms with van der Waals surface area (Å²) in [4.78, 5) is 13.0. The van der Waals surface area contributed by atoms with Gasteiger partial charge in [0.1, 0.15) is 11.9 Å². The lowest BCUT2D eigenvalue weighted by Crippen LogP contribution is -2.46. The molecule has 2 atom stereocenters. The van der Waals surface area contributed by atoms with Crippen LogP contribution in [-0.2, 0) is 21.2 Å². The number of amides is 1. The van der Waals surface area contributed by atoms with Crippen LogP contribution >= 0.6 is 0 Å². The fourth-order valence-corrected chi connectivity index (χ4v) is 5.75. The lowest BCUT2D eigenvalue weighted by atomic mass is 10.0. The molecule has 7 nitrogen and oxygen atoms in total. The number of nitrogens with zero attached hydrogens (tertiary/aromatic N) is 1. The number of hydrogen-bond donors (Lipinski definition) is 1. The van der Waals surface area contributed by atoms with E-state index < -0.39 is 34.0 Å². The molecule has 1 amide bonds. The zero-order chi connectivity index (χ0) is 23.9. The highest BCUT2D eigenvalue weighted by Gasteiger charge is 2.35. The zero-order valence-corrected chi connectivity index (χ0v) is 19.2. The number of nitrogens with one attached hydrogen (secondary N) is 1. The Morgan fingerprint density at radius 2 is 1.74 bits per heavy atom. The van der Waals surface area contributed by atoms with Gasteiger partial charge in [-0.2, -0.15) is 0 Å². The third-order valence-corrected chi connectivity index (χ3v) is 7.76. The number of hydrogen-bond acceptors (Lipinski definition) is 5. The number of sulfonamides is 1. The molecule has 5 rings (SSSR count). The van der Waals surface area contributed by atoms with Crippen molar-refractivity contribution in [3.05, 3.63) is 78.1 Å². The average molecular weight is 483 g/mol. The lowest BCUT2D eigenvalue weighted by molar-refractivity contribution is -0.128. The second kappa shape index (κ2) is 8.64. The first-order valence-electron chi connectivity index (χ1n) is 11.0. The molecule has 34 heavy (non-hydrogen) atoms. The Kier molecular flexibility index (Phi) is 5.65. The molecular weight excluding hydrogens is 459 g/mol. The van der Waals surface area contributed by atoms with Crippen molar-refractivity contribution in [1.29, 1.82) is 0 Å². The van der Waals surface area contributed by atoms with Gasteiger partial charge >= 0.3 is 0 Å². The van der Waals surface area contributed by atoms with Crippen molar-refractivity contribution in [3.8, 4) is 11.5 Å². The molecule has 1 N–H and O–H groups in total. The van der Waals surface area contributed by atoms with E-state index in [1.54, 1.807) is 37.3 Å². The number of anilines is 2. The Morgan fingerprint density at radius 3 is 2.47 bits per heavy atom. The molecule has 9 heteroatoms. The summed E-state index contributed by atoms with van der Waals surface area (Å²) in [5.74, 6) is 0.164. The summed E-state index contributed by atoms with van der Waals surface area (Å²) < 4.78 is 52.9. The standard InChI is InChI=1S/C25H23FN2O5S/c1-16-24(33-23-7-3-2-6-22(23)32-16)25(29)27-19-11-8-17-5-4-14-28(21(17)15-19)34(30,31)20-12-9-18(26)10-13-20/h2-3,6-13,15-16,24H,4-5,14H2,1H3,(H,27,29). The molecular formula is C25H23FN2O5S. The van der Waals surface area contributed by atoms with Gasteiger partial charge in [-0.1, -0.05) is 18.2 Å². The van der Waals surface area contributed by atoms with Crippen molar-refractivity contribution in [2.75, 3.05) is 16.2 Å². The predicted octanol–water partition coefficient (Wildman–Crippen LogP) is 4.13. The van der Waals surface area contributed by atoms with Gasteiger partial charge < -0.3 is 14.8 Å². The van der Waals surface area contributed by atoms with E-state index in [1.165, 1.54) is 16.4 Å². The summed E-state index contributed by atoms with van der Waals surface area (Å²) in [7, 11) is -3.89. The highest BCUT2D eigenvalue weighted by molar-refractivity contribution is 7.92. The number of rotatable bonds is 4. The van der Waals surface area contributed by atoms with Crippen molar-refractivity contribution in [1.82, 2.24) is 0 Å². The average Bonchev–Trinajstić information content (AvgIpc) is 2.83. The van der Waals surface area contributed by atoms with Crippen LogP contribution in [0.3, 0.4) is 0 Å². The van der Waals surface area contributed by atoms with Crippen molar-refractivity contribution in [3.63, 3.8) is 0 Å². The molecule has 2 aliphatic heterocycles. The van der Waals surface area contributed by atoms with Crippen LogP contribution in [0.25, 0.3) is 0 Å². The molecule has 2 aliphatic rings. The Hall–Kier alpha value is -3.59. The van der Waals surface area contributed by atoms with Gasteiger partial charge in [-0.3, -0.25) is 9.10 Å². The number of para-hydroxylation sites is 2. The lowest BCUT2D eigenvalue weighted by Gasteiger charge is -2.32. The molecule has 0 bridgehead atoms. The van der Waals surface area contributed by atoms with Gasteiger partial charge in [0, 0.05) is 12.2 Å². The molecule has 0 fully saturated rings. The van der Waals surface area contributed by atoms with Gasteiger partial charge in [0.2, 0.25) is 6.10 Å². The maximum Gasteiger partial charge on any atom is 0.269 e. The maximum atomic E-state index is 13.3. The largest absolute Gasteiger partial charge is 0.482 e. The Morgan fingerprint density at radius 1 is 1.03 bits per heavy atom. The quantitative estimate of drug-likeness (QED) is 0.604. The first kappa shape index (κ1) is 22.2. The number of carbonyl (C=O) groups excluding carboxylic acids is 1. The van der Waals surface area contributed by atoms with E-state index in [9.17, 15) is 17.6 Å². The normalized spacial score (nSPS) is 19.3. The topological polar surface area (TPSA) is 84.9 Å². The first-order valence-corrected chi connectivity index (χ1v) is 12.4. The second-order valence-electron chi connectivity index (χ2n) is 8.28. The summed E-state index contributed by atoms with van der Waals surface area (Å²) in [6.07, 6.45) is -0.0109. The zero-order valence-electron chi connectivity index (χ0n) is 18.4. The molecule has 176 valence electrons. The van der Waals surface area contributed by atoms with Gasteiger partial charge in [-0.05, 0) is 73.9 Å². The van der Waals surface area contributed by atoms with Gasteiger partial charge in [-0.15, -0.1) is 0 Å². The van der Waals surface area contributed by atoms with Crippen molar-refractivity contribution >= 4 is 27.3 Å². The summed E-state index contributed by atoms with van der Waals surface area (Å²) in [6, 6.07) is 17.1. The summed E-state index contributed by atoms with van der Waals surface area (Å²) in [5, 5.41) is 2.83. The molecule has 0 aromatic heterocycles. The predicted molar refractivity (Wildman–Crippen MR) is 125 cm³/mol. The third kappa shape index (κ3) is 4.07. The molecule has 0 saturated carbocycles. The van der Waals surface area contributed by atoms with Gasteiger partial charge in [0.25, 0.3) is 15.9 Å². The van der Waals surface area contributed by atoms with Crippen LogP contribution in [0.2, 0.25) is 0 Å². The molecule has 0 saturated heterocycles. The number of fused-ring (bicyclic) bond motifs is 2. The van der Waals surface area contributed by atoms with E-state index in [-0.39, 0.29) is 11.4 Å². The molecule has 3 aromatic carbocycles. The number of halogens is 1. The summed E-state index contributed by atoms with van der Waals surface area (Å²) in [6.45, 7) is 2.04. The van der Waals surface area contributed by atoms with E-state index in [0.717, 1.165) is 17.7 Å². The van der Waals surface area contributed by atoms with E-state index in [0.29, 0.717) is 35.7 Å². The Bertz CT molecular complexity index is 1340. The molecule has 2 heterocycles. The summed E-state index contributed by atoms with van der Waals surface area (Å²) in [5.41, 5.74) is 1.79.